The molecule has 4 rings (SSSR count). The smallest absolute Gasteiger partial charge is 0.353 e. The quantitative estimate of drug-likeness (QED) is 0.264. The van der Waals surface area contributed by atoms with Crippen LogP contribution in [0.2, 0.25) is 0 Å². The molecule has 3 fully saturated rings. The molecule has 0 saturated carbocycles. The number of nitrogens with one attached hydrogen (secondary N) is 4. The Bertz CT molecular complexity index is 904. The van der Waals surface area contributed by atoms with Gasteiger partial charge in [-0.05, 0) is 13.3 Å². The number of carbonyl (C=O) groups is 4. The van der Waals surface area contributed by atoms with E-state index in [2.05, 4.69) is 21.3 Å². The van der Waals surface area contributed by atoms with Crippen LogP contribution in [0.25, 0.3) is 0 Å². The second kappa shape index (κ2) is 9.84. The van der Waals surface area contributed by atoms with Crippen molar-refractivity contribution in [2.45, 2.75) is 49.7 Å². The maximum absolute atomic E-state index is 13.1. The van der Waals surface area contributed by atoms with Crippen molar-refractivity contribution in [1.82, 2.24) is 31.1 Å². The molecule has 0 bridgehead atoms. The van der Waals surface area contributed by atoms with Crippen LogP contribution in [0.3, 0.4) is 0 Å². The summed E-state index contributed by atoms with van der Waals surface area (Å²) in [5, 5.41) is 22.5. The zero-order valence-corrected chi connectivity index (χ0v) is 20.8. The molecule has 11 nitrogen and oxygen atoms in total. The molecule has 0 aromatic carbocycles. The number of likely N-dealkylation sites (N-methyl/N-ethyl adjacent to an activating group) is 1. The molecule has 5 N–H and O–H groups in total. The molecule has 4 aliphatic heterocycles. The van der Waals surface area contributed by atoms with Crippen LogP contribution in [0.15, 0.2) is 10.6 Å². The standard InChI is InChI=1S/C22H34N6O5S/c1-10-16-15(11(2)26-19(29)14-9-23-5-6-24-14)21(31)28(16)17(22(32)33)18(10)34-12-7-13(25-8-12)20(30)27(3)4/h10-16,23-25H,5-9H2,1-4H3,(H,26,29)(H,32,33)/t10-,11-,12+,13?,14-,15-,16-/m1/s1. The molecule has 0 aliphatic carbocycles. The number of carboxylic acid groups (broad SMARTS) is 1. The van der Waals surface area contributed by atoms with Crippen molar-refractivity contribution in [3.63, 3.8) is 0 Å². The summed E-state index contributed by atoms with van der Waals surface area (Å²) in [4.78, 5) is 53.8. The number of amides is 3. The van der Waals surface area contributed by atoms with Gasteiger partial charge in [0.25, 0.3) is 0 Å². The minimum absolute atomic E-state index is 0.00120. The third-order valence-corrected chi connectivity index (χ3v) is 8.69. The number of thioether (sulfide) groups is 1. The lowest BCUT2D eigenvalue weighted by Crippen LogP contribution is -2.67. The lowest BCUT2D eigenvalue weighted by Gasteiger charge is -2.47. The lowest BCUT2D eigenvalue weighted by atomic mass is 9.78. The molecule has 12 heteroatoms. The number of aliphatic carboxylic acids is 1. The maximum Gasteiger partial charge on any atom is 0.353 e. The Balaban J connectivity index is 1.44. The van der Waals surface area contributed by atoms with Crippen LogP contribution in [0.1, 0.15) is 20.3 Å². The molecule has 0 aromatic rings. The number of rotatable bonds is 7. The van der Waals surface area contributed by atoms with E-state index in [1.807, 2.05) is 13.8 Å². The van der Waals surface area contributed by atoms with Crippen LogP contribution in [0.4, 0.5) is 0 Å². The fourth-order valence-corrected chi connectivity index (χ4v) is 6.90. The van der Waals surface area contributed by atoms with E-state index in [0.29, 0.717) is 31.0 Å². The van der Waals surface area contributed by atoms with E-state index in [1.54, 1.807) is 19.0 Å². The highest BCUT2D eigenvalue weighted by molar-refractivity contribution is 8.03. The molecular formula is C22H34N6O5S. The highest BCUT2D eigenvalue weighted by atomic mass is 32.2. The van der Waals surface area contributed by atoms with Crippen LogP contribution >= 0.6 is 11.8 Å². The molecular weight excluding hydrogens is 460 g/mol. The van der Waals surface area contributed by atoms with Crippen LogP contribution in [0, 0.1) is 11.8 Å². The summed E-state index contributed by atoms with van der Waals surface area (Å²) in [6.07, 6.45) is 0.599. The highest BCUT2D eigenvalue weighted by Gasteiger charge is 2.60. The van der Waals surface area contributed by atoms with Crippen LogP contribution in [-0.2, 0) is 19.2 Å². The van der Waals surface area contributed by atoms with Gasteiger partial charge < -0.3 is 36.2 Å². The summed E-state index contributed by atoms with van der Waals surface area (Å²) in [5.74, 6) is -2.20. The fourth-order valence-electron chi connectivity index (χ4n) is 5.42. The minimum Gasteiger partial charge on any atom is -0.477 e. The second-order valence-electron chi connectivity index (χ2n) is 9.71. The first-order valence-corrected chi connectivity index (χ1v) is 12.7. The van der Waals surface area contributed by atoms with Crippen molar-refractivity contribution >= 4 is 35.5 Å². The minimum atomic E-state index is -1.12. The molecule has 0 aromatic heterocycles. The Morgan fingerprint density at radius 3 is 2.53 bits per heavy atom. The molecule has 7 atom stereocenters. The molecule has 3 amide bonds. The van der Waals surface area contributed by atoms with Crippen LogP contribution in [0.5, 0.6) is 0 Å². The lowest BCUT2D eigenvalue weighted by molar-refractivity contribution is -0.158. The number of hydrogen-bond donors (Lipinski definition) is 5. The van der Waals surface area contributed by atoms with Gasteiger partial charge in [0, 0.05) is 62.4 Å². The SMILES string of the molecule is C[C@@H](NC(=O)[C@H]1CNCCN1)[C@H]1C(=O)N2C(C(=O)O)=C(S[C@@H]3CNC(C(=O)N(C)C)C3)[C@H](C)[C@H]12. The fraction of sp³-hybridized carbons (Fsp3) is 0.727. The summed E-state index contributed by atoms with van der Waals surface area (Å²) in [7, 11) is 3.43. The van der Waals surface area contributed by atoms with Crippen molar-refractivity contribution in [3.8, 4) is 0 Å². The van der Waals surface area contributed by atoms with E-state index in [9.17, 15) is 24.3 Å². The first-order valence-electron chi connectivity index (χ1n) is 11.8. The van der Waals surface area contributed by atoms with Crippen molar-refractivity contribution in [3.05, 3.63) is 10.6 Å². The molecule has 3 saturated heterocycles. The number of carbonyl (C=O) groups excluding carboxylic acids is 3. The van der Waals surface area contributed by atoms with E-state index in [1.165, 1.54) is 16.7 Å². The third kappa shape index (κ3) is 4.43. The Labute approximate surface area is 203 Å². The number of nitrogens with zero attached hydrogens (tertiary/aromatic N) is 2. The van der Waals surface area contributed by atoms with E-state index in [-0.39, 0.29) is 52.7 Å². The second-order valence-corrected chi connectivity index (χ2v) is 11.1. The van der Waals surface area contributed by atoms with Gasteiger partial charge in [0.2, 0.25) is 17.7 Å². The summed E-state index contributed by atoms with van der Waals surface area (Å²) in [6.45, 7) is 6.38. The maximum atomic E-state index is 13.1. The van der Waals surface area contributed by atoms with E-state index in [4.69, 9.17) is 0 Å². The van der Waals surface area contributed by atoms with Crippen molar-refractivity contribution in [1.29, 1.82) is 0 Å². The van der Waals surface area contributed by atoms with Gasteiger partial charge in [-0.25, -0.2) is 4.79 Å². The molecule has 4 heterocycles. The number of piperazine rings is 1. The zero-order valence-electron chi connectivity index (χ0n) is 20.0. The number of carboxylic acids is 1. The third-order valence-electron chi connectivity index (χ3n) is 7.18. The van der Waals surface area contributed by atoms with Gasteiger partial charge in [0.15, 0.2) is 0 Å². The Morgan fingerprint density at radius 2 is 1.91 bits per heavy atom. The highest BCUT2D eigenvalue weighted by Crippen LogP contribution is 2.51. The van der Waals surface area contributed by atoms with E-state index < -0.39 is 17.9 Å². The summed E-state index contributed by atoms with van der Waals surface area (Å²) >= 11 is 1.46. The Morgan fingerprint density at radius 1 is 1.18 bits per heavy atom. The van der Waals surface area contributed by atoms with Gasteiger partial charge in [0.1, 0.15) is 5.70 Å². The average molecular weight is 495 g/mol. The number of β-lactam (4-membered cyclic amide) rings is 1. The molecule has 34 heavy (non-hydrogen) atoms. The summed E-state index contributed by atoms with van der Waals surface area (Å²) in [5.41, 5.74) is 0.0443. The molecule has 4 aliphatic rings. The van der Waals surface area contributed by atoms with Gasteiger partial charge in [-0.15, -0.1) is 11.8 Å². The summed E-state index contributed by atoms with van der Waals surface area (Å²) in [6, 6.07) is -1.36. The van der Waals surface area contributed by atoms with Crippen LogP contribution < -0.4 is 21.3 Å². The van der Waals surface area contributed by atoms with Crippen LogP contribution in [-0.4, -0.2) is 108 Å². The van der Waals surface area contributed by atoms with Crippen molar-refractivity contribution in [2.24, 2.45) is 11.8 Å². The first kappa shape index (κ1) is 25.0. The predicted octanol–water partition coefficient (Wildman–Crippen LogP) is -1.62. The van der Waals surface area contributed by atoms with Crippen molar-refractivity contribution < 1.29 is 24.3 Å². The topological polar surface area (TPSA) is 143 Å². The van der Waals surface area contributed by atoms with Crippen molar-refractivity contribution in [2.75, 3.05) is 40.3 Å². The number of hydrogen-bond acceptors (Lipinski definition) is 8. The molecule has 188 valence electrons. The molecule has 1 unspecified atom stereocenters. The summed E-state index contributed by atoms with van der Waals surface area (Å²) < 4.78 is 0. The largest absolute Gasteiger partial charge is 0.477 e. The van der Waals surface area contributed by atoms with Gasteiger partial charge in [-0.2, -0.15) is 0 Å². The van der Waals surface area contributed by atoms with E-state index in [0.717, 1.165) is 6.54 Å². The first-order chi connectivity index (χ1) is 16.1. The number of fused-ring (bicyclic) bond motifs is 1. The average Bonchev–Trinajstić information content (AvgIpc) is 3.35. The normalized spacial score (nSPS) is 33.9. The molecule has 0 radical (unpaired) electrons. The van der Waals surface area contributed by atoms with Gasteiger partial charge >= 0.3 is 5.97 Å². The van der Waals surface area contributed by atoms with Gasteiger partial charge in [-0.1, -0.05) is 6.92 Å². The zero-order chi connectivity index (χ0) is 24.7. The Kier molecular flexibility index (Phi) is 7.22. The predicted molar refractivity (Wildman–Crippen MR) is 127 cm³/mol. The monoisotopic (exact) mass is 494 g/mol. The van der Waals surface area contributed by atoms with Gasteiger partial charge in [-0.3, -0.25) is 14.4 Å². The van der Waals surface area contributed by atoms with E-state index >= 15 is 0 Å². The molecule has 0 spiro atoms. The van der Waals surface area contributed by atoms with Gasteiger partial charge in [0.05, 0.1) is 24.0 Å². The Hall–Kier alpha value is -2.15.